The molecule has 0 atom stereocenters. The fourth-order valence-corrected chi connectivity index (χ4v) is 1.27. The molecule has 2 N–H and O–H groups in total. The average Bonchev–Trinajstić information content (AvgIpc) is 2.30. The van der Waals surface area contributed by atoms with Gasteiger partial charge in [0.2, 0.25) is 0 Å². The predicted molar refractivity (Wildman–Crippen MR) is 59.9 cm³/mol. The summed E-state index contributed by atoms with van der Waals surface area (Å²) in [5.41, 5.74) is -0.118. The van der Waals surface area contributed by atoms with E-state index < -0.39 is 11.5 Å². The van der Waals surface area contributed by atoms with Gasteiger partial charge in [-0.2, -0.15) is 8.78 Å². The van der Waals surface area contributed by atoms with Crippen LogP contribution in [0.2, 0.25) is 0 Å². The van der Waals surface area contributed by atoms with Crippen molar-refractivity contribution in [3.8, 4) is 5.75 Å². The number of nitrogens with zero attached hydrogens (tertiary/aromatic N) is 1. The Morgan fingerprint density at radius 3 is 2.78 bits per heavy atom. The lowest BCUT2D eigenvalue weighted by atomic mass is 10.2. The number of rotatable bonds is 7. The van der Waals surface area contributed by atoms with Gasteiger partial charge in [0.15, 0.2) is 5.75 Å². The minimum Gasteiger partial charge on any atom is -0.432 e. The van der Waals surface area contributed by atoms with E-state index in [1.165, 1.54) is 12.1 Å². The number of nitro groups is 1. The summed E-state index contributed by atoms with van der Waals surface area (Å²) >= 11 is 0. The molecule has 0 unspecified atom stereocenters. The van der Waals surface area contributed by atoms with Crippen molar-refractivity contribution >= 4 is 11.4 Å². The molecule has 1 aromatic rings. The van der Waals surface area contributed by atoms with E-state index >= 15 is 0 Å². The number of halogens is 2. The second-order valence-corrected chi connectivity index (χ2v) is 3.32. The zero-order valence-electron chi connectivity index (χ0n) is 9.31. The van der Waals surface area contributed by atoms with Gasteiger partial charge in [-0.25, -0.2) is 0 Å². The first-order chi connectivity index (χ1) is 8.54. The Morgan fingerprint density at radius 2 is 2.22 bits per heavy atom. The first-order valence-electron chi connectivity index (χ1n) is 5.12. The number of nitro benzene ring substituents is 1. The van der Waals surface area contributed by atoms with E-state index in [9.17, 15) is 18.9 Å². The Kier molecular flexibility index (Phi) is 5.25. The molecule has 0 heterocycles. The molecule has 18 heavy (non-hydrogen) atoms. The summed E-state index contributed by atoms with van der Waals surface area (Å²) in [5, 5.41) is 21.9. The van der Waals surface area contributed by atoms with Crippen molar-refractivity contribution in [2.24, 2.45) is 0 Å². The molecule has 8 heteroatoms. The van der Waals surface area contributed by atoms with Gasteiger partial charge in [-0.15, -0.1) is 0 Å². The van der Waals surface area contributed by atoms with Crippen molar-refractivity contribution in [2.45, 2.75) is 13.0 Å². The summed E-state index contributed by atoms with van der Waals surface area (Å²) in [6.45, 7) is -2.77. The van der Waals surface area contributed by atoms with Crippen LogP contribution in [0, 0.1) is 10.1 Å². The van der Waals surface area contributed by atoms with E-state index in [4.69, 9.17) is 5.11 Å². The van der Waals surface area contributed by atoms with Crippen LogP contribution in [0.3, 0.4) is 0 Å². The first kappa shape index (κ1) is 14.1. The van der Waals surface area contributed by atoms with E-state index in [-0.39, 0.29) is 23.7 Å². The third-order valence-corrected chi connectivity index (χ3v) is 2.04. The highest BCUT2D eigenvalue weighted by molar-refractivity contribution is 5.60. The minimum atomic E-state index is -3.06. The molecule has 0 amide bonds. The van der Waals surface area contributed by atoms with Gasteiger partial charge in [0.05, 0.1) is 16.7 Å². The first-order valence-corrected chi connectivity index (χ1v) is 5.12. The molecule has 0 aliphatic rings. The van der Waals surface area contributed by atoms with Gasteiger partial charge in [-0.05, 0) is 12.5 Å². The summed E-state index contributed by atoms with van der Waals surface area (Å²) in [5.74, 6) is -0.294. The number of ether oxygens (including phenoxy) is 1. The third kappa shape index (κ3) is 4.13. The highest BCUT2D eigenvalue weighted by atomic mass is 19.3. The monoisotopic (exact) mass is 262 g/mol. The Bertz CT molecular complexity index is 415. The fourth-order valence-electron chi connectivity index (χ4n) is 1.27. The van der Waals surface area contributed by atoms with Crippen LogP contribution in [0.4, 0.5) is 20.2 Å². The standard InChI is InChI=1S/C10H12F2N2O4/c11-10(12)18-9-6-7(14(16)17)2-3-8(9)13-4-1-5-15/h2-3,6,10,13,15H,1,4-5H2. The summed E-state index contributed by atoms with van der Waals surface area (Å²) in [6.07, 6.45) is 0.422. The minimum absolute atomic E-state index is 0.0506. The number of hydrogen-bond donors (Lipinski definition) is 2. The summed E-state index contributed by atoms with van der Waals surface area (Å²) in [7, 11) is 0. The van der Waals surface area contributed by atoms with E-state index in [1.807, 2.05) is 0 Å². The number of benzene rings is 1. The number of aliphatic hydroxyl groups is 1. The normalized spacial score (nSPS) is 10.4. The van der Waals surface area contributed by atoms with Crippen molar-refractivity contribution < 1.29 is 23.5 Å². The maximum absolute atomic E-state index is 12.2. The van der Waals surface area contributed by atoms with E-state index in [0.29, 0.717) is 13.0 Å². The molecule has 0 fully saturated rings. The molecular formula is C10H12F2N2O4. The van der Waals surface area contributed by atoms with E-state index in [2.05, 4.69) is 10.1 Å². The zero-order valence-corrected chi connectivity index (χ0v) is 9.31. The Hall–Kier alpha value is -1.96. The molecule has 100 valence electrons. The molecule has 0 saturated carbocycles. The van der Waals surface area contributed by atoms with Gasteiger partial charge in [0.1, 0.15) is 0 Å². The second kappa shape index (κ2) is 6.70. The molecule has 1 aromatic carbocycles. The van der Waals surface area contributed by atoms with Crippen molar-refractivity contribution in [3.05, 3.63) is 28.3 Å². The maximum atomic E-state index is 12.2. The maximum Gasteiger partial charge on any atom is 0.387 e. The number of alkyl halides is 2. The number of nitrogens with one attached hydrogen (secondary N) is 1. The quantitative estimate of drug-likeness (QED) is 0.446. The van der Waals surface area contributed by atoms with Crippen LogP contribution >= 0.6 is 0 Å². The second-order valence-electron chi connectivity index (χ2n) is 3.32. The molecule has 0 radical (unpaired) electrons. The Balaban J connectivity index is 2.89. The van der Waals surface area contributed by atoms with Gasteiger partial charge in [-0.3, -0.25) is 10.1 Å². The van der Waals surface area contributed by atoms with Gasteiger partial charge in [0, 0.05) is 19.2 Å². The lowest BCUT2D eigenvalue weighted by Crippen LogP contribution is -2.08. The molecular weight excluding hydrogens is 250 g/mol. The van der Waals surface area contributed by atoms with Crippen LogP contribution in [0.5, 0.6) is 5.75 Å². The smallest absolute Gasteiger partial charge is 0.387 e. The van der Waals surface area contributed by atoms with Crippen molar-refractivity contribution in [1.82, 2.24) is 0 Å². The highest BCUT2D eigenvalue weighted by Gasteiger charge is 2.15. The van der Waals surface area contributed by atoms with E-state index in [1.54, 1.807) is 0 Å². The molecule has 0 spiro atoms. The molecule has 0 saturated heterocycles. The van der Waals surface area contributed by atoms with Crippen LogP contribution < -0.4 is 10.1 Å². The molecule has 0 aromatic heterocycles. The van der Waals surface area contributed by atoms with Gasteiger partial charge in [-0.1, -0.05) is 0 Å². The van der Waals surface area contributed by atoms with Crippen LogP contribution in [0.25, 0.3) is 0 Å². The molecule has 0 aliphatic carbocycles. The highest BCUT2D eigenvalue weighted by Crippen LogP contribution is 2.30. The number of hydrogen-bond acceptors (Lipinski definition) is 5. The molecule has 6 nitrogen and oxygen atoms in total. The van der Waals surface area contributed by atoms with Crippen LogP contribution in [-0.4, -0.2) is 29.8 Å². The Morgan fingerprint density at radius 1 is 1.50 bits per heavy atom. The summed E-state index contributed by atoms with van der Waals surface area (Å²) in [4.78, 5) is 9.82. The predicted octanol–water partition coefficient (Wildman–Crippen LogP) is 1.99. The zero-order chi connectivity index (χ0) is 13.5. The third-order valence-electron chi connectivity index (χ3n) is 2.04. The average molecular weight is 262 g/mol. The molecule has 0 bridgehead atoms. The molecule has 1 rings (SSSR count). The SMILES string of the molecule is O=[N+]([O-])c1ccc(NCCCO)c(OC(F)F)c1. The Labute approximate surface area is 101 Å². The van der Waals surface area contributed by atoms with Crippen molar-refractivity contribution in [3.63, 3.8) is 0 Å². The summed E-state index contributed by atoms with van der Waals surface area (Å²) < 4.78 is 28.5. The largest absolute Gasteiger partial charge is 0.432 e. The lowest BCUT2D eigenvalue weighted by Gasteiger charge is -2.12. The molecule has 0 aliphatic heterocycles. The topological polar surface area (TPSA) is 84.6 Å². The van der Waals surface area contributed by atoms with Crippen molar-refractivity contribution in [2.75, 3.05) is 18.5 Å². The van der Waals surface area contributed by atoms with Crippen LogP contribution in [0.1, 0.15) is 6.42 Å². The van der Waals surface area contributed by atoms with Crippen LogP contribution in [0.15, 0.2) is 18.2 Å². The van der Waals surface area contributed by atoms with E-state index in [0.717, 1.165) is 6.07 Å². The number of aliphatic hydroxyl groups excluding tert-OH is 1. The number of non-ortho nitro benzene ring substituents is 1. The van der Waals surface area contributed by atoms with Crippen LogP contribution in [-0.2, 0) is 0 Å². The van der Waals surface area contributed by atoms with Gasteiger partial charge >= 0.3 is 6.61 Å². The van der Waals surface area contributed by atoms with Gasteiger partial charge < -0.3 is 15.2 Å². The summed E-state index contributed by atoms with van der Waals surface area (Å²) in [6, 6.07) is 3.39. The fraction of sp³-hybridized carbons (Fsp3) is 0.400. The lowest BCUT2D eigenvalue weighted by molar-refractivity contribution is -0.385. The number of anilines is 1. The van der Waals surface area contributed by atoms with Crippen molar-refractivity contribution in [1.29, 1.82) is 0 Å². The van der Waals surface area contributed by atoms with Gasteiger partial charge in [0.25, 0.3) is 5.69 Å².